The molecule has 0 bridgehead atoms. The zero-order valence-electron chi connectivity index (χ0n) is 14.2. The van der Waals surface area contributed by atoms with Gasteiger partial charge in [-0.05, 0) is 30.2 Å². The van der Waals surface area contributed by atoms with Crippen molar-refractivity contribution in [3.63, 3.8) is 0 Å². The maximum Gasteiger partial charge on any atom is 0.414 e. The van der Waals surface area contributed by atoms with Crippen LogP contribution in [0.5, 0.6) is 0 Å². The molecule has 2 rings (SSSR count). The van der Waals surface area contributed by atoms with E-state index in [2.05, 4.69) is 6.58 Å². The molecule has 2 aromatic rings. The van der Waals surface area contributed by atoms with Gasteiger partial charge in [0.25, 0.3) is 0 Å². The molecule has 0 spiro atoms. The van der Waals surface area contributed by atoms with Crippen molar-refractivity contribution in [1.82, 2.24) is 0 Å². The van der Waals surface area contributed by atoms with E-state index in [9.17, 15) is 9.59 Å². The first-order chi connectivity index (χ1) is 12.2. The van der Waals surface area contributed by atoms with Crippen LogP contribution >= 0.6 is 0 Å². The standard InChI is InChI=1S/C20H21NO4/c1-3-19(22)25-15-14-21(20(23)24-4-2)18-12-10-17(11-13-18)16-8-6-5-7-9-16/h3,5-13H,1,4,14-15H2,2H3. The van der Waals surface area contributed by atoms with Gasteiger partial charge in [0.05, 0.1) is 13.2 Å². The number of ether oxygens (including phenoxy) is 2. The fourth-order valence-electron chi connectivity index (χ4n) is 2.29. The third-order valence-electron chi connectivity index (χ3n) is 3.50. The lowest BCUT2D eigenvalue weighted by molar-refractivity contribution is -0.137. The first kappa shape index (κ1) is 18.3. The van der Waals surface area contributed by atoms with Gasteiger partial charge in [-0.25, -0.2) is 9.59 Å². The molecule has 0 aliphatic heterocycles. The molecule has 0 fully saturated rings. The van der Waals surface area contributed by atoms with Gasteiger partial charge >= 0.3 is 12.1 Å². The van der Waals surface area contributed by atoms with Gasteiger partial charge in [-0.3, -0.25) is 4.90 Å². The highest BCUT2D eigenvalue weighted by atomic mass is 16.6. The lowest BCUT2D eigenvalue weighted by Crippen LogP contribution is -2.35. The zero-order chi connectivity index (χ0) is 18.1. The highest BCUT2D eigenvalue weighted by Crippen LogP contribution is 2.23. The van der Waals surface area contributed by atoms with Crippen LogP contribution in [0, 0.1) is 0 Å². The maximum absolute atomic E-state index is 12.2. The lowest BCUT2D eigenvalue weighted by atomic mass is 10.1. The van der Waals surface area contributed by atoms with Crippen LogP contribution in [0.4, 0.5) is 10.5 Å². The summed E-state index contributed by atoms with van der Waals surface area (Å²) in [6.07, 6.45) is 0.605. The number of hydrogen-bond donors (Lipinski definition) is 0. The number of carbonyl (C=O) groups is 2. The van der Waals surface area contributed by atoms with Crippen molar-refractivity contribution in [3.05, 3.63) is 67.3 Å². The monoisotopic (exact) mass is 339 g/mol. The molecule has 2 aromatic carbocycles. The summed E-state index contributed by atoms with van der Waals surface area (Å²) in [4.78, 5) is 24.8. The Balaban J connectivity index is 2.14. The van der Waals surface area contributed by atoms with Crippen molar-refractivity contribution < 1.29 is 19.1 Å². The van der Waals surface area contributed by atoms with E-state index in [-0.39, 0.29) is 19.8 Å². The summed E-state index contributed by atoms with van der Waals surface area (Å²) in [5.41, 5.74) is 2.82. The molecule has 5 heteroatoms. The van der Waals surface area contributed by atoms with Crippen LogP contribution in [0.25, 0.3) is 11.1 Å². The second-order valence-electron chi connectivity index (χ2n) is 5.14. The summed E-state index contributed by atoms with van der Waals surface area (Å²) in [6, 6.07) is 17.5. The Labute approximate surface area is 147 Å². The fraction of sp³-hybridized carbons (Fsp3) is 0.200. The molecule has 0 saturated carbocycles. The van der Waals surface area contributed by atoms with Gasteiger partial charge in [0.15, 0.2) is 0 Å². The summed E-state index contributed by atoms with van der Waals surface area (Å²) in [5.74, 6) is -0.525. The zero-order valence-corrected chi connectivity index (χ0v) is 14.2. The Bertz CT molecular complexity index is 710. The average Bonchev–Trinajstić information content (AvgIpc) is 2.66. The van der Waals surface area contributed by atoms with E-state index in [1.807, 2.05) is 54.6 Å². The molecular weight excluding hydrogens is 318 g/mol. The number of carbonyl (C=O) groups excluding carboxylic acids is 2. The molecular formula is C20H21NO4. The highest BCUT2D eigenvalue weighted by molar-refractivity contribution is 5.88. The molecule has 0 radical (unpaired) electrons. The normalized spacial score (nSPS) is 9.96. The van der Waals surface area contributed by atoms with Crippen LogP contribution in [-0.2, 0) is 14.3 Å². The number of esters is 1. The molecule has 0 N–H and O–H groups in total. The number of rotatable bonds is 7. The largest absolute Gasteiger partial charge is 0.461 e. The predicted octanol–water partition coefficient (Wildman–Crippen LogP) is 4.05. The fourth-order valence-corrected chi connectivity index (χ4v) is 2.29. The molecule has 1 amide bonds. The molecule has 0 saturated heterocycles. The molecule has 0 heterocycles. The molecule has 0 atom stereocenters. The van der Waals surface area contributed by atoms with E-state index in [1.54, 1.807) is 6.92 Å². The van der Waals surface area contributed by atoms with Crippen molar-refractivity contribution in [2.24, 2.45) is 0 Å². The number of anilines is 1. The van der Waals surface area contributed by atoms with Crippen molar-refractivity contribution in [2.75, 3.05) is 24.7 Å². The number of benzene rings is 2. The summed E-state index contributed by atoms with van der Waals surface area (Å²) >= 11 is 0. The minimum Gasteiger partial charge on any atom is -0.461 e. The first-order valence-corrected chi connectivity index (χ1v) is 8.04. The van der Waals surface area contributed by atoms with E-state index in [1.165, 1.54) is 4.90 Å². The molecule has 0 unspecified atom stereocenters. The summed E-state index contributed by atoms with van der Waals surface area (Å²) in [5, 5.41) is 0. The summed E-state index contributed by atoms with van der Waals surface area (Å²) in [6.45, 7) is 5.61. The topological polar surface area (TPSA) is 55.8 Å². The molecule has 25 heavy (non-hydrogen) atoms. The van der Waals surface area contributed by atoms with Crippen molar-refractivity contribution in [1.29, 1.82) is 0 Å². The summed E-state index contributed by atoms with van der Waals surface area (Å²) in [7, 11) is 0. The van der Waals surface area contributed by atoms with Gasteiger partial charge in [-0.15, -0.1) is 0 Å². The van der Waals surface area contributed by atoms with Gasteiger partial charge in [0, 0.05) is 11.8 Å². The quantitative estimate of drug-likeness (QED) is 0.564. The second kappa shape index (κ2) is 9.27. The molecule has 0 aromatic heterocycles. The van der Waals surface area contributed by atoms with Crippen molar-refractivity contribution in [2.45, 2.75) is 6.92 Å². The number of amides is 1. The van der Waals surface area contributed by atoms with Crippen LogP contribution in [0.3, 0.4) is 0 Å². The Morgan fingerprint density at radius 1 is 1.00 bits per heavy atom. The van der Waals surface area contributed by atoms with E-state index in [0.29, 0.717) is 5.69 Å². The minimum absolute atomic E-state index is 0.0596. The SMILES string of the molecule is C=CC(=O)OCCN(C(=O)OCC)c1ccc(-c2ccccc2)cc1. The van der Waals surface area contributed by atoms with Crippen molar-refractivity contribution in [3.8, 4) is 11.1 Å². The average molecular weight is 339 g/mol. The highest BCUT2D eigenvalue weighted by Gasteiger charge is 2.17. The van der Waals surface area contributed by atoms with Gasteiger partial charge in [0.1, 0.15) is 6.61 Å². The van der Waals surface area contributed by atoms with Crippen molar-refractivity contribution >= 4 is 17.7 Å². The molecule has 0 aliphatic rings. The van der Waals surface area contributed by atoms with Gasteiger partial charge < -0.3 is 9.47 Å². The lowest BCUT2D eigenvalue weighted by Gasteiger charge is -2.22. The van der Waals surface area contributed by atoms with Gasteiger partial charge in [0.2, 0.25) is 0 Å². The second-order valence-corrected chi connectivity index (χ2v) is 5.14. The predicted molar refractivity (Wildman–Crippen MR) is 97.4 cm³/mol. The van der Waals surface area contributed by atoms with Crippen LogP contribution in [0.15, 0.2) is 67.3 Å². The van der Waals surface area contributed by atoms with E-state index in [4.69, 9.17) is 9.47 Å². The molecule has 130 valence electrons. The van der Waals surface area contributed by atoms with Crippen LogP contribution in [0.2, 0.25) is 0 Å². The van der Waals surface area contributed by atoms with E-state index in [0.717, 1.165) is 17.2 Å². The Morgan fingerprint density at radius 3 is 2.24 bits per heavy atom. The van der Waals surface area contributed by atoms with E-state index >= 15 is 0 Å². The Kier molecular flexibility index (Phi) is 6.77. The third kappa shape index (κ3) is 5.21. The molecule has 0 aliphatic carbocycles. The summed E-state index contributed by atoms with van der Waals surface area (Å²) < 4.78 is 10.0. The molecule has 5 nitrogen and oxygen atoms in total. The van der Waals surface area contributed by atoms with E-state index < -0.39 is 12.1 Å². The smallest absolute Gasteiger partial charge is 0.414 e. The maximum atomic E-state index is 12.2. The minimum atomic E-state index is -0.525. The van der Waals surface area contributed by atoms with Gasteiger partial charge in [-0.2, -0.15) is 0 Å². The third-order valence-corrected chi connectivity index (χ3v) is 3.50. The van der Waals surface area contributed by atoms with Gasteiger partial charge in [-0.1, -0.05) is 49.0 Å². The Morgan fingerprint density at radius 2 is 1.64 bits per heavy atom. The first-order valence-electron chi connectivity index (χ1n) is 8.04. The van der Waals surface area contributed by atoms with Crippen LogP contribution < -0.4 is 4.90 Å². The number of hydrogen-bond acceptors (Lipinski definition) is 4. The van der Waals surface area contributed by atoms with Crippen LogP contribution in [-0.4, -0.2) is 31.8 Å². The Hall–Kier alpha value is -3.08. The number of nitrogens with zero attached hydrogens (tertiary/aromatic N) is 1. The van der Waals surface area contributed by atoms with Crippen LogP contribution in [0.1, 0.15) is 6.92 Å².